The fraction of sp³-hybridized carbons (Fsp3) is 0.235. The van der Waals surface area contributed by atoms with Crippen LogP contribution in [0.3, 0.4) is 0 Å². The van der Waals surface area contributed by atoms with Crippen LogP contribution >= 0.6 is 11.6 Å². The molecule has 0 saturated carbocycles. The first-order valence-electron chi connectivity index (χ1n) is 6.97. The van der Waals surface area contributed by atoms with Crippen LogP contribution in [-0.4, -0.2) is 28.4 Å². The zero-order valence-electron chi connectivity index (χ0n) is 12.3. The number of pyridine rings is 1. The van der Waals surface area contributed by atoms with E-state index in [0.29, 0.717) is 0 Å². The highest BCUT2D eigenvalue weighted by Gasteiger charge is 2.13. The molecule has 0 aliphatic rings. The fourth-order valence-electron chi connectivity index (χ4n) is 2.51. The number of nitrogens with zero attached hydrogens (tertiary/aromatic N) is 3. The fourth-order valence-corrected chi connectivity index (χ4v) is 2.67. The molecule has 0 N–H and O–H groups in total. The van der Waals surface area contributed by atoms with Crippen molar-refractivity contribution in [3.8, 4) is 0 Å². The van der Waals surface area contributed by atoms with Crippen LogP contribution in [0.4, 0.5) is 0 Å². The summed E-state index contributed by atoms with van der Waals surface area (Å²) in [4.78, 5) is 6.93. The molecule has 0 bridgehead atoms. The van der Waals surface area contributed by atoms with E-state index in [1.165, 1.54) is 11.3 Å². The number of fused-ring (bicyclic) bond motifs is 1. The van der Waals surface area contributed by atoms with E-state index in [1.54, 1.807) is 0 Å². The number of benzene rings is 1. The van der Waals surface area contributed by atoms with Gasteiger partial charge in [0.1, 0.15) is 5.65 Å². The Bertz CT molecular complexity index is 747. The summed E-state index contributed by atoms with van der Waals surface area (Å²) in [5.41, 5.74) is 4.52. The van der Waals surface area contributed by atoms with Crippen molar-refractivity contribution in [2.75, 3.05) is 14.1 Å². The average Bonchev–Trinajstić information content (AvgIpc) is 2.77. The Morgan fingerprint density at radius 1 is 1.10 bits per heavy atom. The molecule has 3 rings (SSSR count). The van der Waals surface area contributed by atoms with Gasteiger partial charge in [0.2, 0.25) is 0 Å². The molecular weight excluding hydrogens is 282 g/mol. The van der Waals surface area contributed by atoms with Crippen molar-refractivity contribution in [3.63, 3.8) is 0 Å². The molecule has 2 heterocycles. The number of hydrogen-bond acceptors (Lipinski definition) is 2. The Balaban J connectivity index is 2.08. The Morgan fingerprint density at radius 3 is 2.57 bits per heavy atom. The molecular formula is C17H18ClN3. The van der Waals surface area contributed by atoms with Crippen LogP contribution in [0.15, 0.2) is 48.7 Å². The predicted molar refractivity (Wildman–Crippen MR) is 86.8 cm³/mol. The minimum atomic E-state index is 0.728. The summed E-state index contributed by atoms with van der Waals surface area (Å²) in [5.74, 6) is 0. The summed E-state index contributed by atoms with van der Waals surface area (Å²) in [6.07, 6.45) is 2.78. The molecule has 0 spiro atoms. The lowest BCUT2D eigenvalue weighted by Gasteiger charge is -2.11. The summed E-state index contributed by atoms with van der Waals surface area (Å²) in [5, 5.41) is 0.728. The molecule has 108 valence electrons. The predicted octanol–water partition coefficient (Wildman–Crippen LogP) is 3.64. The van der Waals surface area contributed by atoms with Crippen molar-refractivity contribution < 1.29 is 0 Å². The Kier molecular flexibility index (Phi) is 3.95. The molecule has 0 radical (unpaired) electrons. The molecule has 4 heteroatoms. The molecule has 0 amide bonds. The van der Waals surface area contributed by atoms with Crippen LogP contribution in [0, 0.1) is 0 Å². The third-order valence-corrected chi connectivity index (χ3v) is 3.67. The zero-order chi connectivity index (χ0) is 14.8. The first-order valence-corrected chi connectivity index (χ1v) is 7.35. The van der Waals surface area contributed by atoms with E-state index in [2.05, 4.69) is 47.7 Å². The number of aromatic nitrogens is 2. The van der Waals surface area contributed by atoms with Gasteiger partial charge in [-0.1, -0.05) is 41.9 Å². The van der Waals surface area contributed by atoms with Crippen molar-refractivity contribution in [2.24, 2.45) is 0 Å². The second-order valence-corrected chi connectivity index (χ2v) is 5.92. The quantitative estimate of drug-likeness (QED) is 0.733. The van der Waals surface area contributed by atoms with Crippen molar-refractivity contribution in [2.45, 2.75) is 13.0 Å². The molecule has 1 aromatic carbocycles. The third-order valence-electron chi connectivity index (χ3n) is 3.44. The van der Waals surface area contributed by atoms with Gasteiger partial charge in [0.15, 0.2) is 0 Å². The van der Waals surface area contributed by atoms with Gasteiger partial charge in [-0.05, 0) is 31.8 Å². The molecule has 21 heavy (non-hydrogen) atoms. The van der Waals surface area contributed by atoms with E-state index in [-0.39, 0.29) is 0 Å². The average molecular weight is 300 g/mol. The lowest BCUT2D eigenvalue weighted by Crippen LogP contribution is -2.14. The van der Waals surface area contributed by atoms with Gasteiger partial charge in [-0.25, -0.2) is 4.98 Å². The molecule has 2 aromatic heterocycles. The summed E-state index contributed by atoms with van der Waals surface area (Å²) in [7, 11) is 4.13. The maximum Gasteiger partial charge on any atom is 0.137 e. The lowest BCUT2D eigenvalue weighted by atomic mass is 10.1. The van der Waals surface area contributed by atoms with Crippen LogP contribution in [0.1, 0.15) is 17.0 Å². The molecule has 0 aliphatic heterocycles. The second-order valence-electron chi connectivity index (χ2n) is 5.48. The van der Waals surface area contributed by atoms with E-state index >= 15 is 0 Å². The molecule has 0 saturated heterocycles. The van der Waals surface area contributed by atoms with Gasteiger partial charge in [0.25, 0.3) is 0 Å². The van der Waals surface area contributed by atoms with Gasteiger partial charge in [-0.2, -0.15) is 0 Å². The van der Waals surface area contributed by atoms with Crippen molar-refractivity contribution in [1.82, 2.24) is 14.3 Å². The minimum absolute atomic E-state index is 0.728. The summed E-state index contributed by atoms with van der Waals surface area (Å²) >= 11 is 6.13. The molecule has 3 nitrogen and oxygen atoms in total. The summed E-state index contributed by atoms with van der Waals surface area (Å²) < 4.78 is 2.10. The van der Waals surface area contributed by atoms with Crippen LogP contribution < -0.4 is 0 Å². The number of imidazole rings is 1. The van der Waals surface area contributed by atoms with E-state index in [4.69, 9.17) is 16.6 Å². The Hall–Kier alpha value is -1.84. The summed E-state index contributed by atoms with van der Waals surface area (Å²) in [6, 6.07) is 14.3. The molecule has 0 atom stereocenters. The number of rotatable bonds is 4. The van der Waals surface area contributed by atoms with Crippen molar-refractivity contribution in [1.29, 1.82) is 0 Å². The SMILES string of the molecule is CN(C)Cc1c(Cc2ccccc2)nc2ccc(Cl)cn12. The first kappa shape index (κ1) is 14.1. The smallest absolute Gasteiger partial charge is 0.137 e. The van der Waals surface area contributed by atoms with Crippen LogP contribution in [0.5, 0.6) is 0 Å². The molecule has 0 aliphatic carbocycles. The maximum absolute atomic E-state index is 6.13. The third kappa shape index (κ3) is 3.09. The van der Waals surface area contributed by atoms with E-state index in [0.717, 1.165) is 29.3 Å². The van der Waals surface area contributed by atoms with Gasteiger partial charge in [0, 0.05) is 19.2 Å². The highest BCUT2D eigenvalue weighted by molar-refractivity contribution is 6.30. The van der Waals surface area contributed by atoms with Gasteiger partial charge in [-0.3, -0.25) is 0 Å². The van der Waals surface area contributed by atoms with Gasteiger partial charge in [0.05, 0.1) is 16.4 Å². The van der Waals surface area contributed by atoms with Crippen molar-refractivity contribution in [3.05, 3.63) is 70.6 Å². The van der Waals surface area contributed by atoms with Gasteiger partial charge < -0.3 is 9.30 Å². The summed E-state index contributed by atoms with van der Waals surface area (Å²) in [6.45, 7) is 0.837. The number of halogens is 1. The first-order chi connectivity index (χ1) is 10.1. The van der Waals surface area contributed by atoms with Gasteiger partial charge in [-0.15, -0.1) is 0 Å². The van der Waals surface area contributed by atoms with Crippen molar-refractivity contribution >= 4 is 17.2 Å². The lowest BCUT2D eigenvalue weighted by molar-refractivity contribution is 0.394. The van der Waals surface area contributed by atoms with E-state index < -0.39 is 0 Å². The van der Waals surface area contributed by atoms with E-state index in [9.17, 15) is 0 Å². The largest absolute Gasteiger partial charge is 0.304 e. The second kappa shape index (κ2) is 5.88. The van der Waals surface area contributed by atoms with Crippen LogP contribution in [0.25, 0.3) is 5.65 Å². The Morgan fingerprint density at radius 2 is 1.86 bits per heavy atom. The maximum atomic E-state index is 6.13. The molecule has 0 fully saturated rings. The monoisotopic (exact) mass is 299 g/mol. The van der Waals surface area contributed by atoms with Gasteiger partial charge >= 0.3 is 0 Å². The zero-order valence-corrected chi connectivity index (χ0v) is 13.0. The molecule has 0 unspecified atom stereocenters. The highest BCUT2D eigenvalue weighted by atomic mass is 35.5. The van der Waals surface area contributed by atoms with Crippen LogP contribution in [-0.2, 0) is 13.0 Å². The topological polar surface area (TPSA) is 20.5 Å². The van der Waals surface area contributed by atoms with E-state index in [1.807, 2.05) is 24.4 Å². The Labute approximate surface area is 129 Å². The minimum Gasteiger partial charge on any atom is -0.304 e. The molecule has 3 aromatic rings. The van der Waals surface area contributed by atoms with Crippen LogP contribution in [0.2, 0.25) is 5.02 Å². The number of hydrogen-bond donors (Lipinski definition) is 0. The highest BCUT2D eigenvalue weighted by Crippen LogP contribution is 2.20. The normalized spacial score (nSPS) is 11.4. The standard InChI is InChI=1S/C17H18ClN3/c1-20(2)12-16-15(10-13-6-4-3-5-7-13)19-17-9-8-14(18)11-21(16)17/h3-9,11H,10,12H2,1-2H3.